The minimum atomic E-state index is -0.371. The van der Waals surface area contributed by atoms with Crippen LogP contribution in [0, 0.1) is 0 Å². The van der Waals surface area contributed by atoms with Crippen LogP contribution in [0.2, 0.25) is 0 Å². The highest BCUT2D eigenvalue weighted by Gasteiger charge is 2.14. The molecule has 0 saturated heterocycles. The molecular weight excluding hydrogens is 362 g/mol. The molecule has 0 spiro atoms. The Hall–Kier alpha value is -3.68. The average Bonchev–Trinajstić information content (AvgIpc) is 3.26. The number of furan rings is 1. The highest BCUT2D eigenvalue weighted by Crippen LogP contribution is 2.39. The average molecular weight is 383 g/mol. The monoisotopic (exact) mass is 383 g/mol. The third-order valence-electron chi connectivity index (χ3n) is 3.97. The van der Waals surface area contributed by atoms with Crippen molar-refractivity contribution in [1.82, 2.24) is 10.3 Å². The van der Waals surface area contributed by atoms with Crippen molar-refractivity contribution < 1.29 is 23.4 Å². The third-order valence-corrected chi connectivity index (χ3v) is 3.97. The van der Waals surface area contributed by atoms with Crippen molar-refractivity contribution in [3.63, 3.8) is 0 Å². The summed E-state index contributed by atoms with van der Waals surface area (Å²) in [5.74, 6) is 2.06. The number of ether oxygens (including phenoxy) is 3. The van der Waals surface area contributed by atoms with Crippen LogP contribution in [-0.4, -0.2) is 32.3 Å². The van der Waals surface area contributed by atoms with Crippen molar-refractivity contribution in [1.29, 1.82) is 0 Å². The SMILES string of the molecule is COc1cc(NC(=O)NCc2ccc(-c3ccco3)nc2)cc(OC)c1OC. The number of carbonyl (C=O) groups is 1. The van der Waals surface area contributed by atoms with Gasteiger partial charge in [0.2, 0.25) is 5.75 Å². The van der Waals surface area contributed by atoms with E-state index in [2.05, 4.69) is 15.6 Å². The summed E-state index contributed by atoms with van der Waals surface area (Å²) >= 11 is 0. The van der Waals surface area contributed by atoms with Gasteiger partial charge in [0.25, 0.3) is 0 Å². The Morgan fingerprint density at radius 2 is 1.82 bits per heavy atom. The number of urea groups is 1. The molecule has 3 rings (SSSR count). The Bertz CT molecular complexity index is 899. The molecule has 3 aromatic rings. The van der Waals surface area contributed by atoms with E-state index < -0.39 is 0 Å². The fourth-order valence-electron chi connectivity index (χ4n) is 2.61. The van der Waals surface area contributed by atoms with Gasteiger partial charge in [0.05, 0.1) is 33.3 Å². The van der Waals surface area contributed by atoms with Crippen molar-refractivity contribution in [2.75, 3.05) is 26.6 Å². The first-order valence-corrected chi connectivity index (χ1v) is 8.48. The quantitative estimate of drug-likeness (QED) is 0.646. The van der Waals surface area contributed by atoms with Crippen LogP contribution in [0.15, 0.2) is 53.3 Å². The predicted octanol–water partition coefficient (Wildman–Crippen LogP) is 3.69. The van der Waals surface area contributed by atoms with E-state index in [0.29, 0.717) is 35.2 Å². The number of aromatic nitrogens is 1. The van der Waals surface area contributed by atoms with Crippen molar-refractivity contribution >= 4 is 11.7 Å². The number of hydrogen-bond donors (Lipinski definition) is 2. The maximum absolute atomic E-state index is 12.2. The van der Waals surface area contributed by atoms with Crippen molar-refractivity contribution in [3.8, 4) is 28.7 Å². The van der Waals surface area contributed by atoms with E-state index >= 15 is 0 Å². The maximum atomic E-state index is 12.2. The van der Waals surface area contributed by atoms with Crippen LogP contribution >= 0.6 is 0 Å². The second kappa shape index (κ2) is 8.81. The number of amides is 2. The van der Waals surface area contributed by atoms with Gasteiger partial charge in [-0.25, -0.2) is 4.79 Å². The van der Waals surface area contributed by atoms with Crippen LogP contribution in [-0.2, 0) is 6.54 Å². The zero-order valence-electron chi connectivity index (χ0n) is 15.8. The summed E-state index contributed by atoms with van der Waals surface area (Å²) < 4.78 is 21.1. The Labute approximate surface area is 162 Å². The second-order valence-corrected chi connectivity index (χ2v) is 5.75. The molecule has 0 bridgehead atoms. The number of methoxy groups -OCH3 is 3. The van der Waals surface area contributed by atoms with Gasteiger partial charge in [-0.2, -0.15) is 0 Å². The molecule has 0 unspecified atom stereocenters. The molecule has 28 heavy (non-hydrogen) atoms. The number of anilines is 1. The van der Waals surface area contributed by atoms with E-state index in [-0.39, 0.29) is 6.03 Å². The van der Waals surface area contributed by atoms with Gasteiger partial charge in [-0.1, -0.05) is 6.07 Å². The van der Waals surface area contributed by atoms with Gasteiger partial charge in [0, 0.05) is 24.9 Å². The lowest BCUT2D eigenvalue weighted by Gasteiger charge is -2.15. The number of nitrogens with one attached hydrogen (secondary N) is 2. The van der Waals surface area contributed by atoms with Crippen LogP contribution < -0.4 is 24.8 Å². The molecule has 146 valence electrons. The molecule has 2 amide bonds. The first-order valence-electron chi connectivity index (χ1n) is 8.48. The van der Waals surface area contributed by atoms with Crippen LogP contribution in [0.5, 0.6) is 17.2 Å². The molecule has 0 saturated carbocycles. The fourth-order valence-corrected chi connectivity index (χ4v) is 2.61. The van der Waals surface area contributed by atoms with Crippen LogP contribution in [0.3, 0.4) is 0 Å². The van der Waals surface area contributed by atoms with Crippen LogP contribution in [0.25, 0.3) is 11.5 Å². The summed E-state index contributed by atoms with van der Waals surface area (Å²) in [5.41, 5.74) is 2.10. The number of benzene rings is 1. The fraction of sp³-hybridized carbons (Fsp3) is 0.200. The summed E-state index contributed by atoms with van der Waals surface area (Å²) in [4.78, 5) is 16.6. The summed E-state index contributed by atoms with van der Waals surface area (Å²) in [6.45, 7) is 0.321. The molecule has 2 N–H and O–H groups in total. The van der Waals surface area contributed by atoms with Gasteiger partial charge in [0.1, 0.15) is 5.69 Å². The molecule has 2 aromatic heterocycles. The number of pyridine rings is 1. The predicted molar refractivity (Wildman–Crippen MR) is 104 cm³/mol. The molecule has 0 atom stereocenters. The lowest BCUT2D eigenvalue weighted by Crippen LogP contribution is -2.28. The van der Waals surface area contributed by atoms with Crippen molar-refractivity contribution in [2.24, 2.45) is 0 Å². The smallest absolute Gasteiger partial charge is 0.319 e. The molecule has 0 fully saturated rings. The normalized spacial score (nSPS) is 10.2. The Balaban J connectivity index is 1.61. The first-order chi connectivity index (χ1) is 13.6. The molecule has 0 radical (unpaired) electrons. The summed E-state index contributed by atoms with van der Waals surface area (Å²) in [7, 11) is 4.55. The minimum Gasteiger partial charge on any atom is -0.493 e. The van der Waals surface area contributed by atoms with Crippen LogP contribution in [0.1, 0.15) is 5.56 Å². The van der Waals surface area contributed by atoms with Gasteiger partial charge in [-0.05, 0) is 23.8 Å². The van der Waals surface area contributed by atoms with E-state index in [4.69, 9.17) is 18.6 Å². The Kier molecular flexibility index (Phi) is 6.01. The molecule has 8 nitrogen and oxygen atoms in total. The Morgan fingerprint density at radius 1 is 1.07 bits per heavy atom. The largest absolute Gasteiger partial charge is 0.493 e. The highest BCUT2D eigenvalue weighted by atomic mass is 16.5. The molecule has 0 aliphatic heterocycles. The first kappa shape index (κ1) is 19.1. The summed E-state index contributed by atoms with van der Waals surface area (Å²) in [6, 6.07) is 10.3. The van der Waals surface area contributed by atoms with E-state index in [1.54, 1.807) is 30.7 Å². The Morgan fingerprint density at radius 3 is 2.36 bits per heavy atom. The molecule has 2 heterocycles. The topological polar surface area (TPSA) is 94.9 Å². The lowest BCUT2D eigenvalue weighted by atomic mass is 10.2. The maximum Gasteiger partial charge on any atom is 0.319 e. The number of carbonyl (C=O) groups excluding carboxylic acids is 1. The summed E-state index contributed by atoms with van der Waals surface area (Å²) in [6.07, 6.45) is 3.29. The summed E-state index contributed by atoms with van der Waals surface area (Å²) in [5, 5.41) is 5.52. The van der Waals surface area contributed by atoms with E-state index in [0.717, 1.165) is 11.3 Å². The van der Waals surface area contributed by atoms with Gasteiger partial charge in [-0.3, -0.25) is 4.98 Å². The zero-order chi connectivity index (χ0) is 19.9. The number of hydrogen-bond acceptors (Lipinski definition) is 6. The number of nitrogens with zero attached hydrogens (tertiary/aromatic N) is 1. The lowest BCUT2D eigenvalue weighted by molar-refractivity contribution is 0.251. The molecular formula is C20H21N3O5. The van der Waals surface area contributed by atoms with E-state index in [1.165, 1.54) is 21.3 Å². The van der Waals surface area contributed by atoms with Crippen molar-refractivity contribution in [2.45, 2.75) is 6.54 Å². The van der Waals surface area contributed by atoms with Gasteiger partial charge in [0.15, 0.2) is 17.3 Å². The van der Waals surface area contributed by atoms with Gasteiger partial charge in [-0.15, -0.1) is 0 Å². The standard InChI is InChI=1S/C20H21N3O5/c1-25-17-9-14(10-18(26-2)19(17)27-3)23-20(24)22-12-13-6-7-15(21-11-13)16-5-4-8-28-16/h4-11H,12H2,1-3H3,(H2,22,23,24). The van der Waals surface area contributed by atoms with Gasteiger partial charge >= 0.3 is 6.03 Å². The number of rotatable bonds is 7. The highest BCUT2D eigenvalue weighted by molar-refractivity contribution is 5.90. The minimum absolute atomic E-state index is 0.321. The second-order valence-electron chi connectivity index (χ2n) is 5.75. The molecule has 0 aliphatic rings. The van der Waals surface area contributed by atoms with Gasteiger partial charge < -0.3 is 29.3 Å². The molecule has 0 aliphatic carbocycles. The van der Waals surface area contributed by atoms with Crippen molar-refractivity contribution in [3.05, 3.63) is 54.4 Å². The molecule has 1 aromatic carbocycles. The van der Waals surface area contributed by atoms with Crippen LogP contribution in [0.4, 0.5) is 10.5 Å². The van der Waals surface area contributed by atoms with E-state index in [1.807, 2.05) is 18.2 Å². The third kappa shape index (κ3) is 4.35. The molecule has 8 heteroatoms. The zero-order valence-corrected chi connectivity index (χ0v) is 15.8. The van der Waals surface area contributed by atoms with E-state index in [9.17, 15) is 4.79 Å².